The smallest absolute Gasteiger partial charge is 0.311 e. The molecule has 0 amide bonds. The lowest BCUT2D eigenvalue weighted by Crippen LogP contribution is -2.42. The van der Waals surface area contributed by atoms with Crippen molar-refractivity contribution < 1.29 is 0 Å². The van der Waals surface area contributed by atoms with E-state index in [1.165, 1.54) is 22.2 Å². The molecule has 0 atom stereocenters. The number of benzene rings is 7. The minimum Gasteiger partial charge on any atom is -0.311 e. The maximum Gasteiger partial charge on any atom is 0.347 e. The van der Waals surface area contributed by atoms with Crippen LogP contribution in [0.15, 0.2) is 182 Å². The SMILES string of the molecule is CC(C)(C)c1cc(C(C)(C)C)c(B(C#Cc2ccc(N(c3ccccc3)c3ccccc3)cc2)C#Cc2ccc(N(c3ccccc3)c3ccccc3)cc2)c(C(C)(C)C)c1. The fourth-order valence-corrected chi connectivity index (χ4v) is 7.72. The monoisotopic (exact) mass is 792 g/mol. The van der Waals surface area contributed by atoms with Gasteiger partial charge in [0, 0.05) is 45.3 Å². The topological polar surface area (TPSA) is 6.48 Å². The molecular weight excluding hydrogens is 735 g/mol. The number of anilines is 6. The van der Waals surface area contributed by atoms with Crippen LogP contribution in [0, 0.1) is 23.5 Å². The summed E-state index contributed by atoms with van der Waals surface area (Å²) in [5.41, 5.74) is 13.3. The zero-order chi connectivity index (χ0) is 43.2. The van der Waals surface area contributed by atoms with Crippen LogP contribution < -0.4 is 15.3 Å². The molecule has 7 aromatic carbocycles. The van der Waals surface area contributed by atoms with Crippen molar-refractivity contribution in [1.82, 2.24) is 0 Å². The first kappa shape index (κ1) is 42.4. The number of hydrogen-bond donors (Lipinski definition) is 0. The molecule has 0 bridgehead atoms. The van der Waals surface area contributed by atoms with Crippen LogP contribution in [0.5, 0.6) is 0 Å². The van der Waals surface area contributed by atoms with E-state index in [1.54, 1.807) is 0 Å². The summed E-state index contributed by atoms with van der Waals surface area (Å²) in [6.07, 6.45) is 0. The van der Waals surface area contributed by atoms with Gasteiger partial charge < -0.3 is 9.80 Å². The summed E-state index contributed by atoms with van der Waals surface area (Å²) in [4.78, 5) is 4.55. The lowest BCUT2D eigenvalue weighted by Gasteiger charge is -2.34. The predicted octanol–water partition coefficient (Wildman–Crippen LogP) is 14.4. The van der Waals surface area contributed by atoms with Crippen LogP contribution in [0.1, 0.15) is 90.1 Å². The highest BCUT2D eigenvalue weighted by Gasteiger charge is 2.33. The second-order valence-electron chi connectivity index (χ2n) is 18.8. The number of rotatable bonds is 7. The van der Waals surface area contributed by atoms with E-state index < -0.39 is 0 Å². The standard InChI is InChI=1S/C58H57BN2/c1-56(2,3)46-42-53(57(4,5)6)55(54(43-46)58(7,8)9)59(40-38-44-30-34-51(35-31-44)60(47-22-14-10-15-23-47)48-24-16-11-17-25-48)41-39-45-32-36-52(37-33-45)61(49-26-18-12-19-27-49)50-28-20-13-21-29-50/h10-37,42-43H,1-9H3. The van der Waals surface area contributed by atoms with Crippen LogP contribution in [0.3, 0.4) is 0 Å². The normalized spacial score (nSPS) is 11.4. The Morgan fingerprint density at radius 3 is 0.885 bits per heavy atom. The molecule has 0 aromatic heterocycles. The van der Waals surface area contributed by atoms with Gasteiger partial charge in [0.25, 0.3) is 0 Å². The van der Waals surface area contributed by atoms with E-state index in [4.69, 9.17) is 0 Å². The third-order valence-electron chi connectivity index (χ3n) is 11.0. The molecule has 0 fully saturated rings. The maximum absolute atomic E-state index is 3.75. The van der Waals surface area contributed by atoms with Crippen LogP contribution in [-0.4, -0.2) is 6.71 Å². The third-order valence-corrected chi connectivity index (χ3v) is 11.0. The van der Waals surface area contributed by atoms with Crippen molar-refractivity contribution in [1.29, 1.82) is 0 Å². The molecule has 0 saturated carbocycles. The molecule has 0 saturated heterocycles. The van der Waals surface area contributed by atoms with E-state index in [2.05, 4.69) is 278 Å². The Labute approximate surface area is 366 Å². The van der Waals surface area contributed by atoms with Crippen molar-refractivity contribution >= 4 is 46.3 Å². The Morgan fingerprint density at radius 1 is 0.344 bits per heavy atom. The first-order valence-electron chi connectivity index (χ1n) is 21.4. The summed E-state index contributed by atoms with van der Waals surface area (Å²) >= 11 is 0. The van der Waals surface area contributed by atoms with E-state index >= 15 is 0 Å². The molecule has 0 spiro atoms. The molecule has 0 heterocycles. The fraction of sp³-hybridized carbons (Fsp3) is 0.207. The first-order valence-corrected chi connectivity index (χ1v) is 21.4. The second kappa shape index (κ2) is 17.9. The average Bonchev–Trinajstić information content (AvgIpc) is 3.25. The number of nitrogens with zero attached hydrogens (tertiary/aromatic N) is 2. The Hall–Kier alpha value is -6.68. The lowest BCUT2D eigenvalue weighted by molar-refractivity contribution is 0.553. The summed E-state index contributed by atoms with van der Waals surface area (Å²) in [7, 11) is 0. The van der Waals surface area contributed by atoms with Crippen molar-refractivity contribution in [3.05, 3.63) is 210 Å². The van der Waals surface area contributed by atoms with Gasteiger partial charge in [-0.1, -0.05) is 159 Å². The number of para-hydroxylation sites is 4. The fourth-order valence-electron chi connectivity index (χ4n) is 7.72. The molecule has 0 aliphatic carbocycles. The van der Waals surface area contributed by atoms with Crippen molar-refractivity contribution in [2.75, 3.05) is 9.80 Å². The molecule has 2 nitrogen and oxygen atoms in total. The molecule has 0 N–H and O–H groups in total. The molecule has 7 rings (SSSR count). The quantitative estimate of drug-likeness (QED) is 0.117. The Kier molecular flexibility index (Phi) is 12.5. The summed E-state index contributed by atoms with van der Waals surface area (Å²) in [5.74, 6) is 14.7. The van der Waals surface area contributed by atoms with E-state index in [-0.39, 0.29) is 23.0 Å². The zero-order valence-electron chi connectivity index (χ0n) is 37.3. The molecule has 0 radical (unpaired) electrons. The average molecular weight is 793 g/mol. The summed E-state index contributed by atoms with van der Waals surface area (Å²) in [5, 5.41) is 0. The van der Waals surface area contributed by atoms with Crippen LogP contribution in [-0.2, 0) is 16.2 Å². The Bertz CT molecular complexity index is 2400. The van der Waals surface area contributed by atoms with Crippen LogP contribution in [0.25, 0.3) is 0 Å². The van der Waals surface area contributed by atoms with Gasteiger partial charge in [0.2, 0.25) is 0 Å². The van der Waals surface area contributed by atoms with Crippen LogP contribution >= 0.6 is 0 Å². The Balaban J connectivity index is 1.33. The predicted molar refractivity (Wildman–Crippen MR) is 264 cm³/mol. The third kappa shape index (κ3) is 10.2. The van der Waals surface area contributed by atoms with Gasteiger partial charge in [0.05, 0.1) is 0 Å². The largest absolute Gasteiger partial charge is 0.347 e. The molecule has 7 aromatic rings. The highest BCUT2D eigenvalue weighted by molar-refractivity contribution is 6.88. The first-order chi connectivity index (χ1) is 29.2. The van der Waals surface area contributed by atoms with Crippen molar-refractivity contribution in [2.24, 2.45) is 0 Å². The van der Waals surface area contributed by atoms with Gasteiger partial charge >= 0.3 is 6.71 Å². The van der Waals surface area contributed by atoms with Gasteiger partial charge in [-0.3, -0.25) is 0 Å². The van der Waals surface area contributed by atoms with Gasteiger partial charge in [-0.15, -0.1) is 11.6 Å². The van der Waals surface area contributed by atoms with Crippen LogP contribution in [0.2, 0.25) is 0 Å². The highest BCUT2D eigenvalue weighted by atomic mass is 15.1. The van der Waals surface area contributed by atoms with Gasteiger partial charge in [-0.2, -0.15) is 0 Å². The lowest BCUT2D eigenvalue weighted by atomic mass is 9.42. The molecule has 302 valence electrons. The van der Waals surface area contributed by atoms with E-state index in [9.17, 15) is 0 Å². The van der Waals surface area contributed by atoms with Gasteiger partial charge in [0.15, 0.2) is 0 Å². The van der Waals surface area contributed by atoms with E-state index in [0.29, 0.717) is 0 Å². The molecule has 0 aliphatic rings. The van der Waals surface area contributed by atoms with Crippen molar-refractivity contribution in [3.63, 3.8) is 0 Å². The second-order valence-corrected chi connectivity index (χ2v) is 18.8. The summed E-state index contributed by atoms with van der Waals surface area (Å²) in [6.45, 7) is 20.5. The minimum atomic E-state index is -0.341. The molecule has 61 heavy (non-hydrogen) atoms. The molecular formula is C58H57BN2. The molecule has 0 unspecified atom stereocenters. The van der Waals surface area contributed by atoms with Gasteiger partial charge in [-0.05, 0) is 135 Å². The maximum atomic E-state index is 3.75. The molecule has 0 aliphatic heterocycles. The van der Waals surface area contributed by atoms with Gasteiger partial charge in [0.1, 0.15) is 0 Å². The Morgan fingerprint density at radius 2 is 0.623 bits per heavy atom. The summed E-state index contributed by atoms with van der Waals surface area (Å²) < 4.78 is 0. The number of hydrogen-bond acceptors (Lipinski definition) is 2. The van der Waals surface area contributed by atoms with E-state index in [1.807, 2.05) is 0 Å². The van der Waals surface area contributed by atoms with Crippen molar-refractivity contribution in [3.8, 4) is 23.5 Å². The zero-order valence-corrected chi connectivity index (χ0v) is 37.3. The van der Waals surface area contributed by atoms with Crippen LogP contribution in [0.4, 0.5) is 34.1 Å². The minimum absolute atomic E-state index is 0.0182. The highest BCUT2D eigenvalue weighted by Crippen LogP contribution is 2.37. The summed E-state index contributed by atoms with van der Waals surface area (Å²) in [6, 6.07) is 64.0. The van der Waals surface area contributed by atoms with E-state index in [0.717, 1.165) is 45.3 Å². The van der Waals surface area contributed by atoms with Crippen molar-refractivity contribution in [2.45, 2.75) is 78.6 Å². The van der Waals surface area contributed by atoms with Gasteiger partial charge in [-0.25, -0.2) is 0 Å². The molecule has 3 heteroatoms.